The second-order valence-electron chi connectivity index (χ2n) is 10.2. The summed E-state index contributed by atoms with van der Waals surface area (Å²) in [6, 6.07) is 24.1. The molecular formula is C31H38N2O3. The fourth-order valence-electron chi connectivity index (χ4n) is 5.78. The van der Waals surface area contributed by atoms with E-state index in [1.165, 1.54) is 41.2 Å². The van der Waals surface area contributed by atoms with Crippen LogP contribution in [0.2, 0.25) is 0 Å². The quantitative estimate of drug-likeness (QED) is 0.414. The molecule has 1 N–H and O–H groups in total. The van der Waals surface area contributed by atoms with Crippen LogP contribution in [0.4, 0.5) is 0 Å². The lowest BCUT2D eigenvalue weighted by Gasteiger charge is -2.32. The molecule has 2 unspecified atom stereocenters. The van der Waals surface area contributed by atoms with Crippen molar-refractivity contribution in [3.05, 3.63) is 83.4 Å². The molecule has 0 aromatic heterocycles. The Morgan fingerprint density at radius 1 is 1.03 bits per heavy atom. The molecule has 5 heteroatoms. The van der Waals surface area contributed by atoms with Crippen LogP contribution in [0.5, 0.6) is 0 Å². The molecule has 3 aromatic rings. The average molecular weight is 487 g/mol. The molecule has 0 spiro atoms. The van der Waals surface area contributed by atoms with E-state index in [9.17, 15) is 4.79 Å². The van der Waals surface area contributed by atoms with Crippen LogP contribution in [0.3, 0.4) is 0 Å². The molecule has 5 nitrogen and oxygen atoms in total. The molecule has 3 atom stereocenters. The zero-order valence-electron chi connectivity index (χ0n) is 21.3. The van der Waals surface area contributed by atoms with Crippen molar-refractivity contribution in [1.82, 2.24) is 10.2 Å². The molecule has 2 aliphatic rings. The van der Waals surface area contributed by atoms with E-state index in [0.717, 1.165) is 39.3 Å². The van der Waals surface area contributed by atoms with E-state index in [0.29, 0.717) is 30.2 Å². The lowest BCUT2D eigenvalue weighted by molar-refractivity contribution is 0.0195. The smallest absolute Gasteiger partial charge is 0.338 e. The highest BCUT2D eigenvalue weighted by atomic mass is 16.5. The maximum atomic E-state index is 12.5. The van der Waals surface area contributed by atoms with Crippen LogP contribution >= 0.6 is 0 Å². The molecule has 1 aliphatic heterocycles. The molecule has 190 valence electrons. The number of nitrogens with zero attached hydrogens (tertiary/aromatic N) is 1. The second kappa shape index (κ2) is 12.0. The van der Waals surface area contributed by atoms with Gasteiger partial charge in [0.1, 0.15) is 6.61 Å². The fourth-order valence-corrected chi connectivity index (χ4v) is 5.78. The number of carbonyl (C=O) groups excluding carboxylic acids is 1. The van der Waals surface area contributed by atoms with Crippen molar-refractivity contribution in [2.24, 2.45) is 0 Å². The van der Waals surface area contributed by atoms with Crippen molar-refractivity contribution in [3.63, 3.8) is 0 Å². The molecule has 2 fully saturated rings. The topological polar surface area (TPSA) is 50.8 Å². The van der Waals surface area contributed by atoms with Gasteiger partial charge in [0.2, 0.25) is 0 Å². The number of nitrogens with one attached hydrogen (secondary N) is 1. The van der Waals surface area contributed by atoms with Gasteiger partial charge in [-0.25, -0.2) is 4.79 Å². The van der Waals surface area contributed by atoms with Crippen LogP contribution in [-0.2, 0) is 9.47 Å². The van der Waals surface area contributed by atoms with Crippen LogP contribution in [0, 0.1) is 0 Å². The van der Waals surface area contributed by atoms with E-state index >= 15 is 0 Å². The minimum absolute atomic E-state index is 0.234. The number of fused-ring (bicyclic) bond motifs is 1. The maximum Gasteiger partial charge on any atom is 0.338 e. The summed E-state index contributed by atoms with van der Waals surface area (Å²) in [6.45, 7) is 6.80. The third-order valence-electron chi connectivity index (χ3n) is 7.81. The Morgan fingerprint density at radius 3 is 2.64 bits per heavy atom. The van der Waals surface area contributed by atoms with Crippen LogP contribution in [-0.4, -0.2) is 56.4 Å². The number of esters is 1. The Morgan fingerprint density at radius 2 is 1.81 bits per heavy atom. The third kappa shape index (κ3) is 6.15. The van der Waals surface area contributed by atoms with Gasteiger partial charge in [-0.2, -0.15) is 0 Å². The number of benzene rings is 3. The Hall–Kier alpha value is -2.73. The van der Waals surface area contributed by atoms with Crippen LogP contribution in [0.25, 0.3) is 10.8 Å². The highest BCUT2D eigenvalue weighted by Crippen LogP contribution is 2.34. The number of rotatable bonds is 8. The van der Waals surface area contributed by atoms with E-state index in [1.54, 1.807) is 0 Å². The van der Waals surface area contributed by atoms with Gasteiger partial charge in [-0.3, -0.25) is 4.90 Å². The first-order chi connectivity index (χ1) is 17.7. The zero-order valence-corrected chi connectivity index (χ0v) is 21.3. The summed E-state index contributed by atoms with van der Waals surface area (Å²) in [5.41, 5.74) is 3.33. The van der Waals surface area contributed by atoms with Gasteiger partial charge in [-0.05, 0) is 66.1 Å². The predicted octanol–water partition coefficient (Wildman–Crippen LogP) is 5.71. The third-order valence-corrected chi connectivity index (χ3v) is 7.81. The summed E-state index contributed by atoms with van der Waals surface area (Å²) in [6.07, 6.45) is 4.75. The lowest BCUT2D eigenvalue weighted by atomic mass is 9.81. The molecule has 1 saturated carbocycles. The van der Waals surface area contributed by atoms with Gasteiger partial charge in [0.05, 0.1) is 18.8 Å². The van der Waals surface area contributed by atoms with Crippen molar-refractivity contribution in [2.45, 2.75) is 50.6 Å². The van der Waals surface area contributed by atoms with E-state index < -0.39 is 0 Å². The molecule has 0 radical (unpaired) electrons. The van der Waals surface area contributed by atoms with E-state index in [2.05, 4.69) is 71.7 Å². The molecule has 3 aromatic carbocycles. The van der Waals surface area contributed by atoms with Crippen molar-refractivity contribution >= 4 is 16.7 Å². The first-order valence-corrected chi connectivity index (χ1v) is 13.5. The molecule has 36 heavy (non-hydrogen) atoms. The molecule has 1 saturated heterocycles. The Labute approximate surface area is 214 Å². The SMILES string of the molecule is C[C@@H](NC1CCCC(c2ccc(C(=O)OCCN3CCOCC3)cc2)C1)c1cccc2ccccc12. The normalized spacial score (nSPS) is 21.8. The predicted molar refractivity (Wildman–Crippen MR) is 144 cm³/mol. The van der Waals surface area contributed by atoms with Gasteiger partial charge in [-0.1, -0.05) is 61.0 Å². The largest absolute Gasteiger partial charge is 0.461 e. The van der Waals surface area contributed by atoms with Crippen molar-refractivity contribution in [2.75, 3.05) is 39.5 Å². The molecule has 0 bridgehead atoms. The second-order valence-corrected chi connectivity index (χ2v) is 10.2. The zero-order chi connectivity index (χ0) is 24.7. The lowest BCUT2D eigenvalue weighted by Crippen LogP contribution is -2.38. The number of carbonyl (C=O) groups is 1. The highest BCUT2D eigenvalue weighted by Gasteiger charge is 2.25. The first kappa shape index (κ1) is 24.9. The average Bonchev–Trinajstić information content (AvgIpc) is 2.93. The summed E-state index contributed by atoms with van der Waals surface area (Å²) in [4.78, 5) is 14.8. The monoisotopic (exact) mass is 486 g/mol. The Balaban J connectivity index is 1.14. The summed E-state index contributed by atoms with van der Waals surface area (Å²) < 4.78 is 10.9. The van der Waals surface area contributed by atoms with Gasteiger partial charge in [-0.15, -0.1) is 0 Å². The van der Waals surface area contributed by atoms with E-state index in [-0.39, 0.29) is 5.97 Å². The molecule has 0 amide bonds. The summed E-state index contributed by atoms with van der Waals surface area (Å²) in [7, 11) is 0. The van der Waals surface area contributed by atoms with Crippen LogP contribution in [0.1, 0.15) is 66.1 Å². The van der Waals surface area contributed by atoms with Crippen molar-refractivity contribution < 1.29 is 14.3 Å². The van der Waals surface area contributed by atoms with E-state index in [1.807, 2.05) is 12.1 Å². The number of hydrogen-bond donors (Lipinski definition) is 1. The minimum atomic E-state index is -0.234. The van der Waals surface area contributed by atoms with Crippen LogP contribution in [0.15, 0.2) is 66.7 Å². The number of morpholine rings is 1. The van der Waals surface area contributed by atoms with Crippen molar-refractivity contribution in [3.8, 4) is 0 Å². The molecule has 5 rings (SSSR count). The summed E-state index contributed by atoms with van der Waals surface area (Å²) in [5.74, 6) is 0.282. The van der Waals surface area contributed by atoms with Gasteiger partial charge >= 0.3 is 5.97 Å². The van der Waals surface area contributed by atoms with Gasteiger partial charge in [0.25, 0.3) is 0 Å². The summed E-state index contributed by atoms with van der Waals surface area (Å²) >= 11 is 0. The van der Waals surface area contributed by atoms with Crippen molar-refractivity contribution in [1.29, 1.82) is 0 Å². The highest BCUT2D eigenvalue weighted by molar-refractivity contribution is 5.89. The molecule has 1 aliphatic carbocycles. The Bertz CT molecular complexity index is 1130. The van der Waals surface area contributed by atoms with Crippen LogP contribution < -0.4 is 5.32 Å². The molecular weight excluding hydrogens is 448 g/mol. The number of ether oxygens (including phenoxy) is 2. The summed E-state index contributed by atoms with van der Waals surface area (Å²) in [5, 5.41) is 6.55. The fraction of sp³-hybridized carbons (Fsp3) is 0.452. The first-order valence-electron chi connectivity index (χ1n) is 13.5. The van der Waals surface area contributed by atoms with Gasteiger partial charge < -0.3 is 14.8 Å². The maximum absolute atomic E-state index is 12.5. The minimum Gasteiger partial charge on any atom is -0.461 e. The standard InChI is InChI=1S/C31H38N2O3/c1-23(29-11-5-7-25-6-2-3-10-30(25)29)32-28-9-4-8-27(22-28)24-12-14-26(15-13-24)31(34)36-21-18-33-16-19-35-20-17-33/h2-3,5-7,10-15,23,27-28,32H,4,8-9,16-22H2,1H3/t23-,27?,28?/m1/s1. The Kier molecular flexibility index (Phi) is 8.32. The van der Waals surface area contributed by atoms with E-state index in [4.69, 9.17) is 9.47 Å². The van der Waals surface area contributed by atoms with Gasteiger partial charge in [0.15, 0.2) is 0 Å². The number of hydrogen-bond acceptors (Lipinski definition) is 5. The molecule has 1 heterocycles. The van der Waals surface area contributed by atoms with Gasteiger partial charge in [0, 0.05) is 31.7 Å².